The van der Waals surface area contributed by atoms with Crippen LogP contribution in [0.3, 0.4) is 0 Å². The van der Waals surface area contributed by atoms with Crippen molar-refractivity contribution in [3.63, 3.8) is 0 Å². The second-order valence-corrected chi connectivity index (χ2v) is 4.22. The van der Waals surface area contributed by atoms with Gasteiger partial charge in [-0.3, -0.25) is 0 Å². The Labute approximate surface area is 85.2 Å². The quantitative estimate of drug-likeness (QED) is 0.681. The van der Waals surface area contributed by atoms with Crippen LogP contribution in [0, 0.1) is 5.92 Å². The third kappa shape index (κ3) is 4.55. The van der Waals surface area contributed by atoms with Gasteiger partial charge in [-0.05, 0) is 5.92 Å². The minimum atomic E-state index is 0.609. The lowest BCUT2D eigenvalue weighted by Gasteiger charge is -2.20. The van der Waals surface area contributed by atoms with Crippen LogP contribution in [0.2, 0.25) is 0 Å². The van der Waals surface area contributed by atoms with E-state index in [0.29, 0.717) is 10.9 Å². The summed E-state index contributed by atoms with van der Waals surface area (Å²) in [6, 6.07) is 0. The Morgan fingerprint density at radius 3 is 3.15 bits per heavy atom. The van der Waals surface area contributed by atoms with E-state index in [2.05, 4.69) is 11.8 Å². The minimum Gasteiger partial charge on any atom is -0.393 e. The predicted molar refractivity (Wildman–Crippen MR) is 57.8 cm³/mol. The number of nitrogens with two attached hydrogens (primary N) is 1. The van der Waals surface area contributed by atoms with E-state index in [4.69, 9.17) is 22.7 Å². The molecule has 0 amide bonds. The highest BCUT2D eigenvalue weighted by Crippen LogP contribution is 2.06. The minimum absolute atomic E-state index is 0.609. The molecule has 0 spiro atoms. The Kier molecular flexibility index (Phi) is 4.62. The predicted octanol–water partition coefficient (Wildman–Crippen LogP) is 0.631. The van der Waals surface area contributed by atoms with Crippen LogP contribution in [-0.2, 0) is 4.74 Å². The standard InChI is InChI=1S/C9H18N2OS/c1-8-6-11(3-2-9(10)13)4-5-12-7-8/h8H,2-7H2,1H3,(H2,10,13). The number of ether oxygens (including phenoxy) is 1. The van der Waals surface area contributed by atoms with Gasteiger partial charge in [0.2, 0.25) is 0 Å². The van der Waals surface area contributed by atoms with E-state index in [9.17, 15) is 0 Å². The van der Waals surface area contributed by atoms with Crippen molar-refractivity contribution in [2.24, 2.45) is 11.7 Å². The van der Waals surface area contributed by atoms with E-state index in [1.807, 2.05) is 0 Å². The van der Waals surface area contributed by atoms with Crippen LogP contribution in [0.25, 0.3) is 0 Å². The number of hydrogen-bond acceptors (Lipinski definition) is 3. The largest absolute Gasteiger partial charge is 0.393 e. The fraction of sp³-hybridized carbons (Fsp3) is 0.889. The van der Waals surface area contributed by atoms with Crippen LogP contribution in [0.5, 0.6) is 0 Å². The summed E-state index contributed by atoms with van der Waals surface area (Å²) < 4.78 is 5.44. The lowest BCUT2D eigenvalue weighted by atomic mass is 10.2. The zero-order valence-corrected chi connectivity index (χ0v) is 8.98. The van der Waals surface area contributed by atoms with E-state index in [1.165, 1.54) is 0 Å². The number of rotatable bonds is 3. The molecule has 1 unspecified atom stereocenters. The fourth-order valence-electron chi connectivity index (χ4n) is 1.53. The smallest absolute Gasteiger partial charge is 0.0740 e. The maximum Gasteiger partial charge on any atom is 0.0740 e. The summed E-state index contributed by atoms with van der Waals surface area (Å²) in [5.41, 5.74) is 5.46. The van der Waals surface area contributed by atoms with E-state index < -0.39 is 0 Å². The molecule has 2 N–H and O–H groups in total. The first kappa shape index (κ1) is 10.9. The molecule has 1 heterocycles. The SMILES string of the molecule is CC1COCCN(CCC(N)=S)C1. The summed E-state index contributed by atoms with van der Waals surface area (Å²) in [6.07, 6.45) is 0.821. The first-order chi connectivity index (χ1) is 6.18. The lowest BCUT2D eigenvalue weighted by Crippen LogP contribution is -2.32. The third-order valence-corrected chi connectivity index (χ3v) is 2.40. The van der Waals surface area contributed by atoms with Gasteiger partial charge in [-0.15, -0.1) is 0 Å². The van der Waals surface area contributed by atoms with Crippen molar-refractivity contribution in [2.75, 3.05) is 32.8 Å². The number of thiocarbonyl (C=S) groups is 1. The molecular formula is C9H18N2OS. The van der Waals surface area contributed by atoms with Gasteiger partial charge in [0.05, 0.1) is 18.2 Å². The summed E-state index contributed by atoms with van der Waals surface area (Å²) >= 11 is 4.85. The van der Waals surface area contributed by atoms with Crippen molar-refractivity contribution in [1.82, 2.24) is 4.90 Å². The first-order valence-corrected chi connectivity index (χ1v) is 5.17. The molecular weight excluding hydrogens is 184 g/mol. The number of hydrogen-bond donors (Lipinski definition) is 1. The normalized spacial score (nSPS) is 25.5. The molecule has 1 rings (SSSR count). The molecule has 1 aliphatic heterocycles. The highest BCUT2D eigenvalue weighted by molar-refractivity contribution is 7.80. The van der Waals surface area contributed by atoms with Gasteiger partial charge in [0.25, 0.3) is 0 Å². The Hall–Kier alpha value is -0.190. The third-order valence-electron chi connectivity index (χ3n) is 2.20. The van der Waals surface area contributed by atoms with Gasteiger partial charge in [-0.25, -0.2) is 0 Å². The molecule has 0 aromatic rings. The molecule has 76 valence electrons. The molecule has 3 nitrogen and oxygen atoms in total. The van der Waals surface area contributed by atoms with Crippen molar-refractivity contribution >= 4 is 17.2 Å². The van der Waals surface area contributed by atoms with Gasteiger partial charge in [0, 0.05) is 26.1 Å². The van der Waals surface area contributed by atoms with Crippen molar-refractivity contribution in [3.8, 4) is 0 Å². The summed E-state index contributed by atoms with van der Waals surface area (Å²) in [6.45, 7) is 7.00. The van der Waals surface area contributed by atoms with E-state index in [1.54, 1.807) is 0 Å². The summed E-state index contributed by atoms with van der Waals surface area (Å²) in [5, 5.41) is 0. The highest BCUT2D eigenvalue weighted by atomic mass is 32.1. The van der Waals surface area contributed by atoms with Crippen LogP contribution >= 0.6 is 12.2 Å². The summed E-state index contributed by atoms with van der Waals surface area (Å²) in [7, 11) is 0. The van der Waals surface area contributed by atoms with Crippen LogP contribution in [-0.4, -0.2) is 42.7 Å². The molecule has 0 aromatic carbocycles. The average molecular weight is 202 g/mol. The summed E-state index contributed by atoms with van der Waals surface area (Å²) in [5.74, 6) is 0.619. The molecule has 0 saturated carbocycles. The molecule has 0 bridgehead atoms. The zero-order valence-electron chi connectivity index (χ0n) is 8.16. The van der Waals surface area contributed by atoms with Crippen LogP contribution in [0.1, 0.15) is 13.3 Å². The molecule has 1 fully saturated rings. The summed E-state index contributed by atoms with van der Waals surface area (Å²) in [4.78, 5) is 2.98. The van der Waals surface area contributed by atoms with Gasteiger partial charge in [-0.1, -0.05) is 19.1 Å². The Bertz CT molecular complexity index is 175. The Morgan fingerprint density at radius 2 is 2.46 bits per heavy atom. The van der Waals surface area contributed by atoms with Gasteiger partial charge in [0.15, 0.2) is 0 Å². The van der Waals surface area contributed by atoms with E-state index in [0.717, 1.165) is 39.3 Å². The molecule has 13 heavy (non-hydrogen) atoms. The maximum atomic E-state index is 5.46. The topological polar surface area (TPSA) is 38.5 Å². The second-order valence-electron chi connectivity index (χ2n) is 3.70. The molecule has 0 aromatic heterocycles. The Balaban J connectivity index is 2.26. The molecule has 0 aliphatic carbocycles. The van der Waals surface area contributed by atoms with Crippen LogP contribution in [0.15, 0.2) is 0 Å². The second kappa shape index (κ2) is 5.52. The number of nitrogens with zero attached hydrogens (tertiary/aromatic N) is 1. The van der Waals surface area contributed by atoms with Crippen molar-refractivity contribution in [3.05, 3.63) is 0 Å². The zero-order chi connectivity index (χ0) is 9.68. The Morgan fingerprint density at radius 1 is 1.69 bits per heavy atom. The van der Waals surface area contributed by atoms with Crippen LogP contribution in [0.4, 0.5) is 0 Å². The molecule has 1 atom stereocenters. The monoisotopic (exact) mass is 202 g/mol. The van der Waals surface area contributed by atoms with Crippen LogP contribution < -0.4 is 5.73 Å². The van der Waals surface area contributed by atoms with Gasteiger partial charge < -0.3 is 15.4 Å². The van der Waals surface area contributed by atoms with Crippen molar-refractivity contribution in [1.29, 1.82) is 0 Å². The van der Waals surface area contributed by atoms with Crippen molar-refractivity contribution in [2.45, 2.75) is 13.3 Å². The van der Waals surface area contributed by atoms with Crippen molar-refractivity contribution < 1.29 is 4.74 Å². The molecule has 4 heteroatoms. The lowest BCUT2D eigenvalue weighted by molar-refractivity contribution is 0.126. The molecule has 1 aliphatic rings. The van der Waals surface area contributed by atoms with Gasteiger partial charge in [-0.2, -0.15) is 0 Å². The van der Waals surface area contributed by atoms with E-state index in [-0.39, 0.29) is 0 Å². The van der Waals surface area contributed by atoms with Gasteiger partial charge in [0.1, 0.15) is 0 Å². The molecule has 0 radical (unpaired) electrons. The highest BCUT2D eigenvalue weighted by Gasteiger charge is 2.14. The molecule has 1 saturated heterocycles. The van der Waals surface area contributed by atoms with E-state index >= 15 is 0 Å². The maximum absolute atomic E-state index is 5.46. The average Bonchev–Trinajstić information content (AvgIpc) is 2.26. The fourth-order valence-corrected chi connectivity index (χ4v) is 1.63. The van der Waals surface area contributed by atoms with Gasteiger partial charge >= 0.3 is 0 Å². The first-order valence-electron chi connectivity index (χ1n) is 4.77.